The highest BCUT2D eigenvalue weighted by molar-refractivity contribution is 6.20. The van der Waals surface area contributed by atoms with Crippen LogP contribution in [-0.4, -0.2) is 35.0 Å². The van der Waals surface area contributed by atoms with Crippen molar-refractivity contribution in [1.29, 1.82) is 0 Å². The van der Waals surface area contributed by atoms with Crippen LogP contribution >= 0.6 is 11.6 Å². The average molecular weight is 229 g/mol. The molecule has 1 rings (SSSR count). The van der Waals surface area contributed by atoms with Crippen LogP contribution in [0.15, 0.2) is 29.2 Å². The lowest BCUT2D eigenvalue weighted by molar-refractivity contribution is 0.319. The van der Waals surface area contributed by atoms with Gasteiger partial charge in [0.15, 0.2) is 0 Å². The molecular weight excluding hydrogens is 212 g/mol. The number of halogens is 1. The summed E-state index contributed by atoms with van der Waals surface area (Å²) in [7, 11) is 2.01. The van der Waals surface area contributed by atoms with E-state index in [0.29, 0.717) is 6.54 Å². The Labute approximate surface area is 95.3 Å². The van der Waals surface area contributed by atoms with Crippen molar-refractivity contribution < 1.29 is 0 Å². The SMILES string of the molecule is CC(Cl)CN(C)CCn1ccccc1=O. The van der Waals surface area contributed by atoms with E-state index in [4.69, 9.17) is 11.6 Å². The molecule has 0 saturated carbocycles. The Kier molecular flexibility index (Phi) is 4.85. The van der Waals surface area contributed by atoms with E-state index >= 15 is 0 Å². The largest absolute Gasteiger partial charge is 0.314 e. The highest BCUT2D eigenvalue weighted by Crippen LogP contribution is 1.96. The van der Waals surface area contributed by atoms with E-state index in [2.05, 4.69) is 4.90 Å². The quantitative estimate of drug-likeness (QED) is 0.712. The van der Waals surface area contributed by atoms with Crippen LogP contribution in [0.25, 0.3) is 0 Å². The van der Waals surface area contributed by atoms with Crippen molar-refractivity contribution in [1.82, 2.24) is 9.47 Å². The minimum absolute atomic E-state index is 0.0461. The summed E-state index contributed by atoms with van der Waals surface area (Å²) in [6.07, 6.45) is 1.81. The fourth-order valence-corrected chi connectivity index (χ4v) is 1.68. The van der Waals surface area contributed by atoms with Gasteiger partial charge < -0.3 is 9.47 Å². The van der Waals surface area contributed by atoms with Gasteiger partial charge in [0.1, 0.15) is 0 Å². The van der Waals surface area contributed by atoms with Gasteiger partial charge in [-0.25, -0.2) is 0 Å². The molecule has 0 N–H and O–H groups in total. The zero-order valence-corrected chi connectivity index (χ0v) is 9.94. The number of pyridine rings is 1. The molecule has 0 bridgehead atoms. The van der Waals surface area contributed by atoms with Crippen molar-refractivity contribution in [2.75, 3.05) is 20.1 Å². The molecule has 0 aromatic carbocycles. The second-order valence-electron chi connectivity index (χ2n) is 3.78. The normalized spacial score (nSPS) is 13.1. The number of hydrogen-bond donors (Lipinski definition) is 0. The van der Waals surface area contributed by atoms with E-state index < -0.39 is 0 Å². The van der Waals surface area contributed by atoms with Crippen LogP contribution in [0.4, 0.5) is 0 Å². The van der Waals surface area contributed by atoms with Crippen LogP contribution in [0.1, 0.15) is 6.92 Å². The molecule has 84 valence electrons. The van der Waals surface area contributed by atoms with Gasteiger partial charge in [0.25, 0.3) is 5.56 Å². The van der Waals surface area contributed by atoms with E-state index in [0.717, 1.165) is 13.1 Å². The molecule has 1 unspecified atom stereocenters. The average Bonchev–Trinajstić information content (AvgIpc) is 2.15. The molecule has 1 heterocycles. The molecule has 0 amide bonds. The van der Waals surface area contributed by atoms with E-state index in [1.807, 2.05) is 20.0 Å². The molecule has 0 aliphatic rings. The fraction of sp³-hybridized carbons (Fsp3) is 0.545. The summed E-state index contributed by atoms with van der Waals surface area (Å²) in [6.45, 7) is 4.34. The van der Waals surface area contributed by atoms with Gasteiger partial charge in [0.05, 0.1) is 0 Å². The van der Waals surface area contributed by atoms with Gasteiger partial charge in [-0.1, -0.05) is 6.07 Å². The van der Waals surface area contributed by atoms with E-state index in [-0.39, 0.29) is 10.9 Å². The first-order chi connectivity index (χ1) is 7.09. The number of nitrogens with zero attached hydrogens (tertiary/aromatic N) is 2. The number of hydrogen-bond acceptors (Lipinski definition) is 2. The molecule has 4 heteroatoms. The highest BCUT2D eigenvalue weighted by Gasteiger charge is 2.03. The zero-order valence-electron chi connectivity index (χ0n) is 9.19. The minimum atomic E-state index is 0.0461. The topological polar surface area (TPSA) is 25.2 Å². The van der Waals surface area contributed by atoms with Gasteiger partial charge in [0, 0.05) is 37.3 Å². The summed E-state index contributed by atoms with van der Waals surface area (Å²) < 4.78 is 1.70. The molecule has 0 spiro atoms. The summed E-state index contributed by atoms with van der Waals surface area (Å²) in [4.78, 5) is 13.5. The molecule has 1 aromatic heterocycles. The standard InChI is InChI=1S/C11H17ClN2O/c1-10(12)9-13(2)7-8-14-6-4-3-5-11(14)15/h3-6,10H,7-9H2,1-2H3. The number of aromatic nitrogens is 1. The first-order valence-corrected chi connectivity index (χ1v) is 5.51. The molecule has 0 saturated heterocycles. The Morgan fingerprint density at radius 2 is 2.27 bits per heavy atom. The van der Waals surface area contributed by atoms with Crippen LogP contribution in [0.3, 0.4) is 0 Å². The van der Waals surface area contributed by atoms with Crippen LogP contribution in [0, 0.1) is 0 Å². The smallest absolute Gasteiger partial charge is 0.250 e. The molecular formula is C11H17ClN2O. The molecule has 0 aliphatic carbocycles. The third-order valence-corrected chi connectivity index (χ3v) is 2.32. The molecule has 0 aliphatic heterocycles. The molecule has 15 heavy (non-hydrogen) atoms. The zero-order chi connectivity index (χ0) is 11.3. The predicted octanol–water partition coefficient (Wildman–Crippen LogP) is 1.41. The maximum atomic E-state index is 11.4. The Morgan fingerprint density at radius 3 is 2.87 bits per heavy atom. The Bertz CT molecular complexity index is 348. The van der Waals surface area contributed by atoms with Gasteiger partial charge in [-0.05, 0) is 20.0 Å². The van der Waals surface area contributed by atoms with Gasteiger partial charge >= 0.3 is 0 Å². The van der Waals surface area contributed by atoms with Crippen LogP contribution < -0.4 is 5.56 Å². The monoisotopic (exact) mass is 228 g/mol. The maximum absolute atomic E-state index is 11.4. The summed E-state index contributed by atoms with van der Waals surface area (Å²) in [5.41, 5.74) is 0.0461. The van der Waals surface area contributed by atoms with Gasteiger partial charge in [-0.15, -0.1) is 11.6 Å². The lowest BCUT2D eigenvalue weighted by Crippen LogP contribution is -2.30. The minimum Gasteiger partial charge on any atom is -0.314 e. The summed E-state index contributed by atoms with van der Waals surface area (Å²) in [5, 5.41) is 0.141. The van der Waals surface area contributed by atoms with Crippen molar-refractivity contribution in [2.45, 2.75) is 18.8 Å². The Balaban J connectivity index is 2.44. The predicted molar refractivity (Wildman–Crippen MR) is 63.5 cm³/mol. The molecule has 0 radical (unpaired) electrons. The molecule has 3 nitrogen and oxygen atoms in total. The van der Waals surface area contributed by atoms with Crippen molar-refractivity contribution in [2.24, 2.45) is 0 Å². The van der Waals surface area contributed by atoms with E-state index in [9.17, 15) is 4.79 Å². The van der Waals surface area contributed by atoms with Crippen molar-refractivity contribution in [3.63, 3.8) is 0 Å². The number of alkyl halides is 1. The second-order valence-corrected chi connectivity index (χ2v) is 4.52. The molecule has 0 fully saturated rings. The van der Waals surface area contributed by atoms with Crippen molar-refractivity contribution in [3.05, 3.63) is 34.7 Å². The van der Waals surface area contributed by atoms with Gasteiger partial charge in [0.2, 0.25) is 0 Å². The van der Waals surface area contributed by atoms with E-state index in [1.165, 1.54) is 0 Å². The highest BCUT2D eigenvalue weighted by atomic mass is 35.5. The third kappa shape index (κ3) is 4.49. The third-order valence-electron chi connectivity index (χ3n) is 2.18. The van der Waals surface area contributed by atoms with Crippen molar-refractivity contribution >= 4 is 11.6 Å². The first kappa shape index (κ1) is 12.3. The number of likely N-dealkylation sites (N-methyl/N-ethyl adjacent to an activating group) is 1. The van der Waals surface area contributed by atoms with E-state index in [1.54, 1.807) is 22.9 Å². The molecule has 1 atom stereocenters. The van der Waals surface area contributed by atoms with Crippen LogP contribution in [0.2, 0.25) is 0 Å². The fourth-order valence-electron chi connectivity index (χ4n) is 1.44. The molecule has 1 aromatic rings. The summed E-state index contributed by atoms with van der Waals surface area (Å²) >= 11 is 5.88. The maximum Gasteiger partial charge on any atom is 0.250 e. The lowest BCUT2D eigenvalue weighted by Gasteiger charge is -2.18. The number of rotatable bonds is 5. The van der Waals surface area contributed by atoms with Gasteiger partial charge in [-0.2, -0.15) is 0 Å². The summed E-state index contributed by atoms with van der Waals surface area (Å²) in [5.74, 6) is 0. The van der Waals surface area contributed by atoms with Gasteiger partial charge in [-0.3, -0.25) is 4.79 Å². The van der Waals surface area contributed by atoms with Crippen LogP contribution in [0.5, 0.6) is 0 Å². The lowest BCUT2D eigenvalue weighted by atomic mass is 10.4. The second kappa shape index (κ2) is 5.93. The Hall–Kier alpha value is -0.800. The first-order valence-electron chi connectivity index (χ1n) is 5.07. The van der Waals surface area contributed by atoms with Crippen LogP contribution in [-0.2, 0) is 6.54 Å². The van der Waals surface area contributed by atoms with Crippen molar-refractivity contribution in [3.8, 4) is 0 Å². The summed E-state index contributed by atoms with van der Waals surface area (Å²) in [6, 6.07) is 5.19. The Morgan fingerprint density at radius 1 is 1.53 bits per heavy atom.